The Hall–Kier alpha value is -1.10. The van der Waals surface area contributed by atoms with Gasteiger partial charge in [-0.15, -0.1) is 0 Å². The average Bonchev–Trinajstić information content (AvgIpc) is 2.44. The van der Waals surface area contributed by atoms with Gasteiger partial charge >= 0.3 is 5.97 Å². The Morgan fingerprint density at radius 3 is 2.52 bits per heavy atom. The third kappa shape index (κ3) is 4.19. The molecule has 21 heavy (non-hydrogen) atoms. The fourth-order valence-corrected chi connectivity index (χ4v) is 3.85. The summed E-state index contributed by atoms with van der Waals surface area (Å²) in [7, 11) is 0. The highest BCUT2D eigenvalue weighted by atomic mass is 16.4. The molecule has 0 radical (unpaired) electrons. The number of nitrogens with zero attached hydrogens (tertiary/aromatic N) is 1. The van der Waals surface area contributed by atoms with Crippen molar-refractivity contribution in [3.63, 3.8) is 0 Å². The number of carboxylic acids is 1. The lowest BCUT2D eigenvalue weighted by atomic mass is 9.76. The number of aliphatic carboxylic acids is 1. The van der Waals surface area contributed by atoms with Crippen molar-refractivity contribution in [2.45, 2.75) is 63.8 Å². The van der Waals surface area contributed by atoms with Gasteiger partial charge in [0.2, 0.25) is 5.91 Å². The highest BCUT2D eigenvalue weighted by Gasteiger charge is 2.41. The van der Waals surface area contributed by atoms with Gasteiger partial charge in [0, 0.05) is 19.5 Å². The Bertz CT molecular complexity index is 391. The molecule has 2 fully saturated rings. The van der Waals surface area contributed by atoms with E-state index in [0.29, 0.717) is 11.8 Å². The highest BCUT2D eigenvalue weighted by molar-refractivity contribution is 5.86. The van der Waals surface area contributed by atoms with Crippen LogP contribution < -0.4 is 5.73 Å². The molecule has 1 amide bonds. The second-order valence-electron chi connectivity index (χ2n) is 7.03. The molecular formula is C16H28N2O3. The van der Waals surface area contributed by atoms with Crippen molar-refractivity contribution in [3.05, 3.63) is 0 Å². The summed E-state index contributed by atoms with van der Waals surface area (Å²) in [5.41, 5.74) is 5.73. The molecule has 1 aliphatic heterocycles. The van der Waals surface area contributed by atoms with Crippen LogP contribution in [0.25, 0.3) is 0 Å². The van der Waals surface area contributed by atoms with Crippen molar-refractivity contribution in [1.29, 1.82) is 0 Å². The minimum Gasteiger partial charge on any atom is -0.481 e. The van der Waals surface area contributed by atoms with E-state index >= 15 is 0 Å². The summed E-state index contributed by atoms with van der Waals surface area (Å²) in [6.45, 7) is 3.64. The smallest absolute Gasteiger partial charge is 0.303 e. The van der Waals surface area contributed by atoms with Gasteiger partial charge in [-0.3, -0.25) is 9.59 Å². The molecule has 2 rings (SSSR count). The number of hydrogen-bond acceptors (Lipinski definition) is 3. The maximum atomic E-state index is 12.7. The van der Waals surface area contributed by atoms with E-state index < -0.39 is 11.5 Å². The first-order valence-electron chi connectivity index (χ1n) is 8.21. The van der Waals surface area contributed by atoms with Crippen LogP contribution in [-0.2, 0) is 9.59 Å². The molecular weight excluding hydrogens is 268 g/mol. The van der Waals surface area contributed by atoms with Gasteiger partial charge in [0.25, 0.3) is 0 Å². The quantitative estimate of drug-likeness (QED) is 0.831. The van der Waals surface area contributed by atoms with E-state index in [9.17, 15) is 9.59 Å². The molecule has 2 atom stereocenters. The first-order valence-corrected chi connectivity index (χ1v) is 8.21. The van der Waals surface area contributed by atoms with Crippen molar-refractivity contribution >= 4 is 11.9 Å². The average molecular weight is 296 g/mol. The van der Waals surface area contributed by atoms with Gasteiger partial charge in [-0.25, -0.2) is 0 Å². The zero-order valence-electron chi connectivity index (χ0n) is 13.0. The van der Waals surface area contributed by atoms with E-state index in [1.54, 1.807) is 0 Å². The lowest BCUT2D eigenvalue weighted by Gasteiger charge is -2.41. The van der Waals surface area contributed by atoms with Crippen LogP contribution in [0.15, 0.2) is 0 Å². The van der Waals surface area contributed by atoms with Crippen LogP contribution in [0.4, 0.5) is 0 Å². The largest absolute Gasteiger partial charge is 0.481 e. The summed E-state index contributed by atoms with van der Waals surface area (Å²) in [6, 6.07) is 0. The molecule has 0 bridgehead atoms. The number of carbonyl (C=O) groups is 2. The predicted octanol–water partition coefficient (Wildman–Crippen LogP) is 2.00. The van der Waals surface area contributed by atoms with E-state index in [1.807, 2.05) is 4.90 Å². The van der Waals surface area contributed by atoms with E-state index in [-0.39, 0.29) is 12.3 Å². The molecule has 1 saturated carbocycles. The van der Waals surface area contributed by atoms with Crippen LogP contribution >= 0.6 is 0 Å². The Morgan fingerprint density at radius 2 is 1.95 bits per heavy atom. The van der Waals surface area contributed by atoms with Crippen LogP contribution in [0.3, 0.4) is 0 Å². The second-order valence-corrected chi connectivity index (χ2v) is 7.03. The Kier molecular flexibility index (Phi) is 5.25. The molecule has 3 N–H and O–H groups in total. The zero-order valence-corrected chi connectivity index (χ0v) is 13.0. The van der Waals surface area contributed by atoms with Gasteiger partial charge in [0.15, 0.2) is 0 Å². The lowest BCUT2D eigenvalue weighted by molar-refractivity contribution is -0.141. The minimum absolute atomic E-state index is 0.116. The molecule has 0 aromatic heterocycles. The summed E-state index contributed by atoms with van der Waals surface area (Å²) in [5.74, 6) is 0.348. The summed E-state index contributed by atoms with van der Waals surface area (Å²) in [4.78, 5) is 25.2. The van der Waals surface area contributed by atoms with E-state index in [1.165, 1.54) is 6.42 Å². The number of piperidine rings is 1. The summed E-state index contributed by atoms with van der Waals surface area (Å²) >= 11 is 0. The van der Waals surface area contributed by atoms with Crippen molar-refractivity contribution in [2.24, 2.45) is 17.6 Å². The monoisotopic (exact) mass is 296 g/mol. The second kappa shape index (κ2) is 6.77. The number of amides is 1. The molecule has 0 aromatic rings. The molecule has 5 nitrogen and oxygen atoms in total. The van der Waals surface area contributed by atoms with Crippen LogP contribution in [0.2, 0.25) is 0 Å². The molecule has 1 saturated heterocycles. The fraction of sp³-hybridized carbons (Fsp3) is 0.875. The molecule has 0 aromatic carbocycles. The minimum atomic E-state index is -0.731. The standard InChI is InChI=1S/C16H28N2O3/c1-12-3-2-8-16(17,11-12)15(21)18-9-6-13(7-10-18)4-5-14(19)20/h12-13H,2-11,17H2,1H3,(H,19,20). The Balaban J connectivity index is 1.84. The van der Waals surface area contributed by atoms with Crippen LogP contribution in [0.5, 0.6) is 0 Å². The first kappa shape index (κ1) is 16.3. The Morgan fingerprint density at radius 1 is 1.29 bits per heavy atom. The van der Waals surface area contributed by atoms with Crippen LogP contribution in [0.1, 0.15) is 58.3 Å². The van der Waals surface area contributed by atoms with E-state index in [4.69, 9.17) is 10.8 Å². The van der Waals surface area contributed by atoms with Crippen molar-refractivity contribution in [1.82, 2.24) is 4.90 Å². The van der Waals surface area contributed by atoms with Gasteiger partial charge in [-0.05, 0) is 43.9 Å². The summed E-state index contributed by atoms with van der Waals surface area (Å²) in [5, 5.41) is 8.73. The zero-order chi connectivity index (χ0) is 15.5. The van der Waals surface area contributed by atoms with Gasteiger partial charge in [-0.2, -0.15) is 0 Å². The topological polar surface area (TPSA) is 83.6 Å². The number of carboxylic acid groups (broad SMARTS) is 1. The maximum Gasteiger partial charge on any atom is 0.303 e. The van der Waals surface area contributed by atoms with E-state index in [2.05, 4.69) is 6.92 Å². The highest BCUT2D eigenvalue weighted by Crippen LogP contribution is 2.33. The van der Waals surface area contributed by atoms with E-state index in [0.717, 1.165) is 51.6 Å². The number of rotatable bonds is 4. The molecule has 1 aliphatic carbocycles. The summed E-state index contributed by atoms with van der Waals surface area (Å²) in [6.07, 6.45) is 6.58. The molecule has 5 heteroatoms. The third-order valence-corrected chi connectivity index (χ3v) is 5.13. The van der Waals surface area contributed by atoms with Crippen molar-refractivity contribution in [3.8, 4) is 0 Å². The third-order valence-electron chi connectivity index (χ3n) is 5.13. The maximum absolute atomic E-state index is 12.7. The summed E-state index contributed by atoms with van der Waals surface area (Å²) < 4.78 is 0. The van der Waals surface area contributed by atoms with Crippen molar-refractivity contribution < 1.29 is 14.7 Å². The molecule has 1 heterocycles. The number of carbonyl (C=O) groups excluding carboxylic acids is 1. The fourth-order valence-electron chi connectivity index (χ4n) is 3.85. The normalized spacial score (nSPS) is 31.1. The van der Waals surface area contributed by atoms with Crippen LogP contribution in [0, 0.1) is 11.8 Å². The SMILES string of the molecule is CC1CCCC(N)(C(=O)N2CCC(CCC(=O)O)CC2)C1. The van der Waals surface area contributed by atoms with Gasteiger partial charge in [0.05, 0.1) is 5.54 Å². The van der Waals surface area contributed by atoms with Gasteiger partial charge < -0.3 is 15.7 Å². The predicted molar refractivity (Wildman–Crippen MR) is 80.7 cm³/mol. The van der Waals surface area contributed by atoms with Gasteiger partial charge in [-0.1, -0.05) is 19.8 Å². The van der Waals surface area contributed by atoms with Gasteiger partial charge in [0.1, 0.15) is 0 Å². The Labute approximate surface area is 126 Å². The lowest BCUT2D eigenvalue weighted by Crippen LogP contribution is -2.58. The molecule has 2 unspecified atom stereocenters. The van der Waals surface area contributed by atoms with Crippen LogP contribution in [-0.4, -0.2) is 40.5 Å². The molecule has 0 spiro atoms. The number of hydrogen-bond donors (Lipinski definition) is 2. The molecule has 120 valence electrons. The first-order chi connectivity index (χ1) is 9.90. The van der Waals surface area contributed by atoms with Crippen molar-refractivity contribution in [2.75, 3.05) is 13.1 Å². The number of nitrogens with two attached hydrogens (primary N) is 1. The number of likely N-dealkylation sites (tertiary alicyclic amines) is 1. The molecule has 2 aliphatic rings.